The zero-order chi connectivity index (χ0) is 21.3. The van der Waals surface area contributed by atoms with Gasteiger partial charge in [-0.2, -0.15) is 0 Å². The Kier molecular flexibility index (Phi) is 7.93. The number of aliphatic hydroxyl groups excluding tert-OH is 1. The molecule has 7 nitrogen and oxygen atoms in total. The summed E-state index contributed by atoms with van der Waals surface area (Å²) in [5.41, 5.74) is 1.71. The molecule has 3 rings (SSSR count). The van der Waals surface area contributed by atoms with Crippen molar-refractivity contribution in [3.63, 3.8) is 0 Å². The molecule has 2 aromatic rings. The van der Waals surface area contributed by atoms with E-state index in [1.807, 2.05) is 18.2 Å². The summed E-state index contributed by atoms with van der Waals surface area (Å²) in [6, 6.07) is 12.9. The number of hydrogen-bond acceptors (Lipinski definition) is 6. The highest BCUT2D eigenvalue weighted by molar-refractivity contribution is 5.94. The molecule has 1 saturated heterocycles. The van der Waals surface area contributed by atoms with E-state index < -0.39 is 6.10 Å². The standard InChI is InChI=1S/C23H30N2O5/c1-28-20-9-6-10-21(29-2)22(20)30-16-19(26)14-24-23(27)18-8-5-7-17(13-18)15-25-11-3-4-12-25/h5-10,13,19,26H,3-4,11-12,14-16H2,1-2H3,(H,24,27). The molecule has 1 aliphatic rings. The fraction of sp³-hybridized carbons (Fsp3) is 0.435. The molecule has 1 unspecified atom stereocenters. The van der Waals surface area contributed by atoms with E-state index in [2.05, 4.69) is 10.2 Å². The minimum absolute atomic E-state index is 0.00792. The zero-order valence-corrected chi connectivity index (χ0v) is 17.6. The van der Waals surface area contributed by atoms with Crippen LogP contribution in [0.3, 0.4) is 0 Å². The van der Waals surface area contributed by atoms with Crippen LogP contribution in [0, 0.1) is 0 Å². The Morgan fingerprint density at radius 3 is 2.43 bits per heavy atom. The Bertz CT molecular complexity index is 814. The molecule has 7 heteroatoms. The summed E-state index contributed by atoms with van der Waals surface area (Å²) in [6.45, 7) is 3.15. The second kappa shape index (κ2) is 10.8. The molecule has 2 N–H and O–H groups in total. The zero-order valence-electron chi connectivity index (χ0n) is 17.6. The van der Waals surface area contributed by atoms with Crippen molar-refractivity contribution >= 4 is 5.91 Å². The Labute approximate surface area is 177 Å². The van der Waals surface area contributed by atoms with E-state index >= 15 is 0 Å². The number of methoxy groups -OCH3 is 2. The monoisotopic (exact) mass is 414 g/mol. The van der Waals surface area contributed by atoms with E-state index in [1.54, 1.807) is 24.3 Å². The molecule has 0 spiro atoms. The Balaban J connectivity index is 1.50. The van der Waals surface area contributed by atoms with Crippen LogP contribution in [0.15, 0.2) is 42.5 Å². The van der Waals surface area contributed by atoms with Crippen LogP contribution < -0.4 is 19.5 Å². The number of ether oxygens (including phenoxy) is 3. The van der Waals surface area contributed by atoms with Crippen molar-refractivity contribution in [2.75, 3.05) is 40.5 Å². The van der Waals surface area contributed by atoms with Crippen LogP contribution >= 0.6 is 0 Å². The van der Waals surface area contributed by atoms with Gasteiger partial charge in [0.15, 0.2) is 11.5 Å². The maximum Gasteiger partial charge on any atom is 0.251 e. The summed E-state index contributed by atoms with van der Waals surface area (Å²) in [6.07, 6.45) is 1.60. The Morgan fingerprint density at radius 1 is 1.10 bits per heavy atom. The Hall–Kier alpha value is -2.77. The molecule has 1 amide bonds. The third kappa shape index (κ3) is 5.87. The molecule has 1 heterocycles. The third-order valence-corrected chi connectivity index (χ3v) is 5.09. The van der Waals surface area contributed by atoms with Crippen molar-refractivity contribution in [1.29, 1.82) is 0 Å². The minimum atomic E-state index is -0.878. The lowest BCUT2D eigenvalue weighted by molar-refractivity contribution is 0.0833. The first kappa shape index (κ1) is 21.9. The van der Waals surface area contributed by atoms with Gasteiger partial charge in [0.1, 0.15) is 12.7 Å². The molecule has 162 valence electrons. The third-order valence-electron chi connectivity index (χ3n) is 5.09. The summed E-state index contributed by atoms with van der Waals surface area (Å²) < 4.78 is 16.2. The number of nitrogens with zero attached hydrogens (tertiary/aromatic N) is 1. The van der Waals surface area contributed by atoms with E-state index in [4.69, 9.17) is 14.2 Å². The maximum absolute atomic E-state index is 12.5. The van der Waals surface area contributed by atoms with Crippen molar-refractivity contribution in [3.8, 4) is 17.2 Å². The van der Waals surface area contributed by atoms with E-state index in [1.165, 1.54) is 27.1 Å². The number of rotatable bonds is 10. The van der Waals surface area contributed by atoms with Gasteiger partial charge >= 0.3 is 0 Å². The number of para-hydroxylation sites is 1. The molecule has 1 atom stereocenters. The average Bonchev–Trinajstić information content (AvgIpc) is 3.28. The second-order valence-electron chi connectivity index (χ2n) is 7.35. The van der Waals surface area contributed by atoms with Gasteiger partial charge in [-0.1, -0.05) is 18.2 Å². The highest BCUT2D eigenvalue weighted by atomic mass is 16.5. The SMILES string of the molecule is COc1cccc(OC)c1OCC(O)CNC(=O)c1cccc(CN2CCCC2)c1. The summed E-state index contributed by atoms with van der Waals surface area (Å²) in [5, 5.41) is 13.0. The molecular formula is C23H30N2O5. The number of amides is 1. The van der Waals surface area contributed by atoms with Gasteiger partial charge in [0.2, 0.25) is 5.75 Å². The van der Waals surface area contributed by atoms with E-state index in [0.29, 0.717) is 22.8 Å². The molecule has 1 fully saturated rings. The number of carbonyl (C=O) groups is 1. The van der Waals surface area contributed by atoms with Gasteiger partial charge < -0.3 is 24.6 Å². The first-order valence-electron chi connectivity index (χ1n) is 10.2. The van der Waals surface area contributed by atoms with Gasteiger partial charge in [-0.15, -0.1) is 0 Å². The Morgan fingerprint density at radius 2 is 1.77 bits per heavy atom. The first-order chi connectivity index (χ1) is 14.6. The summed E-state index contributed by atoms with van der Waals surface area (Å²) in [7, 11) is 3.08. The van der Waals surface area contributed by atoms with Gasteiger partial charge in [-0.05, 0) is 55.8 Å². The summed E-state index contributed by atoms with van der Waals surface area (Å²) in [4.78, 5) is 14.9. The van der Waals surface area contributed by atoms with Gasteiger partial charge in [0.25, 0.3) is 5.91 Å². The van der Waals surface area contributed by atoms with E-state index in [-0.39, 0.29) is 19.1 Å². The fourth-order valence-corrected chi connectivity index (χ4v) is 3.52. The molecule has 0 saturated carbocycles. The maximum atomic E-state index is 12.5. The number of hydrogen-bond donors (Lipinski definition) is 2. The topological polar surface area (TPSA) is 80.3 Å². The first-order valence-corrected chi connectivity index (χ1v) is 10.2. The van der Waals surface area contributed by atoms with Gasteiger partial charge in [-0.25, -0.2) is 0 Å². The number of nitrogens with one attached hydrogen (secondary N) is 1. The van der Waals surface area contributed by atoms with Crippen LogP contribution in [-0.2, 0) is 6.54 Å². The fourth-order valence-electron chi connectivity index (χ4n) is 3.52. The molecular weight excluding hydrogens is 384 g/mol. The highest BCUT2D eigenvalue weighted by Crippen LogP contribution is 2.36. The number of benzene rings is 2. The van der Waals surface area contributed by atoms with Crippen LogP contribution in [0.4, 0.5) is 0 Å². The summed E-state index contributed by atoms with van der Waals surface area (Å²) >= 11 is 0. The lowest BCUT2D eigenvalue weighted by Gasteiger charge is -2.17. The van der Waals surface area contributed by atoms with Crippen molar-refractivity contribution in [2.45, 2.75) is 25.5 Å². The number of likely N-dealkylation sites (tertiary alicyclic amines) is 1. The number of aliphatic hydroxyl groups is 1. The molecule has 0 bridgehead atoms. The van der Waals surface area contributed by atoms with Crippen LogP contribution in [0.25, 0.3) is 0 Å². The smallest absolute Gasteiger partial charge is 0.251 e. The summed E-state index contributed by atoms with van der Waals surface area (Å²) in [5.74, 6) is 1.23. The second-order valence-corrected chi connectivity index (χ2v) is 7.35. The van der Waals surface area contributed by atoms with Crippen molar-refractivity contribution in [1.82, 2.24) is 10.2 Å². The van der Waals surface area contributed by atoms with Crippen molar-refractivity contribution < 1.29 is 24.1 Å². The highest BCUT2D eigenvalue weighted by Gasteiger charge is 2.16. The van der Waals surface area contributed by atoms with E-state index in [0.717, 1.165) is 25.2 Å². The van der Waals surface area contributed by atoms with Gasteiger partial charge in [-0.3, -0.25) is 9.69 Å². The van der Waals surface area contributed by atoms with Crippen LogP contribution in [0.5, 0.6) is 17.2 Å². The predicted octanol–water partition coefficient (Wildman–Crippen LogP) is 2.47. The largest absolute Gasteiger partial charge is 0.493 e. The predicted molar refractivity (Wildman–Crippen MR) is 114 cm³/mol. The lowest BCUT2D eigenvalue weighted by atomic mass is 10.1. The molecule has 0 radical (unpaired) electrons. The molecule has 1 aliphatic heterocycles. The van der Waals surface area contributed by atoms with Crippen molar-refractivity contribution in [2.24, 2.45) is 0 Å². The normalized spacial score (nSPS) is 14.9. The number of carbonyl (C=O) groups excluding carboxylic acids is 1. The van der Waals surface area contributed by atoms with Crippen LogP contribution in [0.1, 0.15) is 28.8 Å². The molecule has 0 aliphatic carbocycles. The van der Waals surface area contributed by atoms with Crippen LogP contribution in [-0.4, -0.2) is 62.5 Å². The molecule has 0 aromatic heterocycles. The quantitative estimate of drug-likeness (QED) is 0.622. The van der Waals surface area contributed by atoms with Crippen LogP contribution in [0.2, 0.25) is 0 Å². The van der Waals surface area contributed by atoms with Gasteiger partial charge in [0.05, 0.1) is 14.2 Å². The van der Waals surface area contributed by atoms with Gasteiger partial charge in [0, 0.05) is 18.7 Å². The molecule has 2 aromatic carbocycles. The molecule has 30 heavy (non-hydrogen) atoms. The van der Waals surface area contributed by atoms with Crippen molar-refractivity contribution in [3.05, 3.63) is 53.6 Å². The van der Waals surface area contributed by atoms with E-state index in [9.17, 15) is 9.90 Å². The minimum Gasteiger partial charge on any atom is -0.493 e. The lowest BCUT2D eigenvalue weighted by Crippen LogP contribution is -2.35. The average molecular weight is 415 g/mol.